The molecule has 1 rings (SSSR count). The smallest absolute Gasteiger partial charge is 0.140 e. The Morgan fingerprint density at radius 1 is 1.53 bits per heavy atom. The van der Waals surface area contributed by atoms with Crippen molar-refractivity contribution in [3.63, 3.8) is 0 Å². The molecule has 0 bridgehead atoms. The topological polar surface area (TPSA) is 51.8 Å². The van der Waals surface area contributed by atoms with Crippen LogP contribution in [0.15, 0.2) is 6.07 Å². The van der Waals surface area contributed by atoms with Gasteiger partial charge in [0.05, 0.1) is 5.75 Å². The Kier molecular flexibility index (Phi) is 5.36. The average molecular weight is 246 g/mol. The van der Waals surface area contributed by atoms with Crippen LogP contribution in [-0.2, 0) is 5.75 Å². The summed E-state index contributed by atoms with van der Waals surface area (Å²) >= 11 is 7.58. The van der Waals surface area contributed by atoms with Gasteiger partial charge in [0.1, 0.15) is 11.0 Å². The number of hydrogen-bond acceptors (Lipinski definition) is 4. The second-order valence-electron chi connectivity index (χ2n) is 3.43. The Morgan fingerprint density at radius 3 is 2.87 bits per heavy atom. The normalized spacial score (nSPS) is 12.8. The van der Waals surface area contributed by atoms with Crippen molar-refractivity contribution in [3.05, 3.63) is 22.7 Å². The van der Waals surface area contributed by atoms with Crippen LogP contribution < -0.4 is 5.73 Å². The fourth-order valence-corrected chi connectivity index (χ4v) is 2.30. The Balaban J connectivity index is 2.43. The molecule has 5 heteroatoms. The van der Waals surface area contributed by atoms with Gasteiger partial charge in [0.15, 0.2) is 0 Å². The third-order valence-corrected chi connectivity index (χ3v) is 3.28. The summed E-state index contributed by atoms with van der Waals surface area (Å²) in [7, 11) is 0. The molecule has 0 spiro atoms. The highest BCUT2D eigenvalue weighted by Gasteiger charge is 2.03. The van der Waals surface area contributed by atoms with Gasteiger partial charge in [0, 0.05) is 17.5 Å². The maximum Gasteiger partial charge on any atom is 0.140 e. The van der Waals surface area contributed by atoms with Crippen LogP contribution in [0.3, 0.4) is 0 Å². The molecular formula is C10H16ClN3S. The van der Waals surface area contributed by atoms with Gasteiger partial charge in [-0.25, -0.2) is 9.97 Å². The summed E-state index contributed by atoms with van der Waals surface area (Å²) in [5.74, 6) is 2.49. The van der Waals surface area contributed by atoms with Crippen LogP contribution >= 0.6 is 23.4 Å². The maximum atomic E-state index is 5.83. The van der Waals surface area contributed by atoms with E-state index in [4.69, 9.17) is 17.3 Å². The fourth-order valence-electron chi connectivity index (χ4n) is 1.07. The van der Waals surface area contributed by atoms with Crippen molar-refractivity contribution in [2.24, 2.45) is 5.73 Å². The summed E-state index contributed by atoms with van der Waals surface area (Å²) in [4.78, 5) is 8.45. The molecule has 0 aliphatic rings. The number of halogens is 1. The first-order valence-electron chi connectivity index (χ1n) is 4.95. The Bertz CT molecular complexity index is 299. The van der Waals surface area contributed by atoms with Crippen LogP contribution in [0.4, 0.5) is 0 Å². The first-order chi connectivity index (χ1) is 7.11. The third kappa shape index (κ3) is 4.82. The van der Waals surface area contributed by atoms with Crippen LogP contribution in [0, 0.1) is 6.92 Å². The summed E-state index contributed by atoms with van der Waals surface area (Å²) in [6.07, 6.45) is 1.00. The molecule has 1 aromatic heterocycles. The molecule has 15 heavy (non-hydrogen) atoms. The Labute approximate surface area is 99.8 Å². The zero-order valence-electron chi connectivity index (χ0n) is 9.03. The molecule has 84 valence electrons. The first kappa shape index (κ1) is 12.7. The van der Waals surface area contributed by atoms with Crippen LogP contribution in [0.2, 0.25) is 5.15 Å². The quantitative estimate of drug-likeness (QED) is 0.810. The van der Waals surface area contributed by atoms with Gasteiger partial charge in [-0.05, 0) is 19.4 Å². The molecule has 0 aliphatic heterocycles. The molecule has 1 atom stereocenters. The maximum absolute atomic E-state index is 5.83. The number of hydrogen-bond donors (Lipinski definition) is 1. The minimum Gasteiger partial charge on any atom is -0.327 e. The number of aryl methyl sites for hydroxylation is 1. The van der Waals surface area contributed by atoms with E-state index in [0.29, 0.717) is 5.15 Å². The lowest BCUT2D eigenvalue weighted by Crippen LogP contribution is -2.21. The molecule has 0 saturated heterocycles. The molecule has 0 fully saturated rings. The average Bonchev–Trinajstić information content (AvgIpc) is 2.16. The molecule has 0 aromatic carbocycles. The molecule has 1 unspecified atom stereocenters. The van der Waals surface area contributed by atoms with Crippen molar-refractivity contribution in [3.8, 4) is 0 Å². The molecule has 3 nitrogen and oxygen atoms in total. The lowest BCUT2D eigenvalue weighted by molar-refractivity contribution is 0.724. The van der Waals surface area contributed by atoms with Gasteiger partial charge in [-0.15, -0.1) is 0 Å². The van der Waals surface area contributed by atoms with Crippen LogP contribution in [0.5, 0.6) is 0 Å². The highest BCUT2D eigenvalue weighted by Crippen LogP contribution is 2.13. The minimum absolute atomic E-state index is 0.260. The molecule has 0 saturated carbocycles. The largest absolute Gasteiger partial charge is 0.327 e. The zero-order chi connectivity index (χ0) is 11.3. The van der Waals surface area contributed by atoms with Crippen molar-refractivity contribution in [2.75, 3.05) is 5.75 Å². The van der Waals surface area contributed by atoms with Gasteiger partial charge < -0.3 is 5.73 Å². The lowest BCUT2D eigenvalue weighted by Gasteiger charge is -2.07. The van der Waals surface area contributed by atoms with E-state index in [1.165, 1.54) is 0 Å². The van der Waals surface area contributed by atoms with Gasteiger partial charge in [0.25, 0.3) is 0 Å². The van der Waals surface area contributed by atoms with Crippen molar-refractivity contribution >= 4 is 23.4 Å². The van der Waals surface area contributed by atoms with Crippen LogP contribution in [0.25, 0.3) is 0 Å². The number of aromatic nitrogens is 2. The van der Waals surface area contributed by atoms with E-state index in [-0.39, 0.29) is 6.04 Å². The van der Waals surface area contributed by atoms with Crippen LogP contribution in [-0.4, -0.2) is 21.8 Å². The van der Waals surface area contributed by atoms with Gasteiger partial charge in [-0.3, -0.25) is 0 Å². The van der Waals surface area contributed by atoms with Gasteiger partial charge >= 0.3 is 0 Å². The predicted octanol–water partition coefficient (Wildman–Crippen LogP) is 2.41. The standard InChI is InChI=1S/C10H16ClN3S/c1-3-8(12)5-15-6-10-13-7(2)4-9(11)14-10/h4,8H,3,5-6,12H2,1-2H3. The third-order valence-electron chi connectivity index (χ3n) is 1.96. The second-order valence-corrected chi connectivity index (χ2v) is 4.85. The minimum atomic E-state index is 0.260. The van der Waals surface area contributed by atoms with E-state index in [1.807, 2.05) is 6.92 Å². The number of thioether (sulfide) groups is 1. The number of nitrogens with two attached hydrogens (primary N) is 1. The molecule has 1 heterocycles. The SMILES string of the molecule is CCC(N)CSCc1nc(C)cc(Cl)n1. The van der Waals surface area contributed by atoms with E-state index in [2.05, 4.69) is 16.9 Å². The zero-order valence-corrected chi connectivity index (χ0v) is 10.6. The summed E-state index contributed by atoms with van der Waals surface area (Å²) in [5, 5.41) is 0.512. The highest BCUT2D eigenvalue weighted by atomic mass is 35.5. The highest BCUT2D eigenvalue weighted by molar-refractivity contribution is 7.98. The van der Waals surface area contributed by atoms with E-state index in [9.17, 15) is 0 Å². The molecule has 1 aromatic rings. The second kappa shape index (κ2) is 6.30. The van der Waals surface area contributed by atoms with E-state index in [1.54, 1.807) is 17.8 Å². The Hall–Kier alpha value is -0.320. The van der Waals surface area contributed by atoms with Crippen molar-refractivity contribution in [1.82, 2.24) is 9.97 Å². The van der Waals surface area contributed by atoms with E-state index in [0.717, 1.165) is 29.4 Å². The predicted molar refractivity (Wildman–Crippen MR) is 66.2 cm³/mol. The first-order valence-corrected chi connectivity index (χ1v) is 6.48. The van der Waals surface area contributed by atoms with Gasteiger partial charge in [-0.2, -0.15) is 11.8 Å². The van der Waals surface area contributed by atoms with Crippen molar-refractivity contribution in [1.29, 1.82) is 0 Å². The Morgan fingerprint density at radius 2 is 2.27 bits per heavy atom. The summed E-state index contributed by atoms with van der Waals surface area (Å²) in [6, 6.07) is 2.02. The fraction of sp³-hybridized carbons (Fsp3) is 0.600. The van der Waals surface area contributed by atoms with Gasteiger partial charge in [0.2, 0.25) is 0 Å². The summed E-state index contributed by atoms with van der Waals surface area (Å²) in [5.41, 5.74) is 6.72. The number of rotatable bonds is 5. The summed E-state index contributed by atoms with van der Waals surface area (Å²) < 4.78 is 0. The molecule has 0 radical (unpaired) electrons. The monoisotopic (exact) mass is 245 g/mol. The molecule has 0 amide bonds. The van der Waals surface area contributed by atoms with Crippen LogP contribution in [0.1, 0.15) is 24.9 Å². The lowest BCUT2D eigenvalue weighted by atomic mass is 10.3. The van der Waals surface area contributed by atoms with E-state index >= 15 is 0 Å². The number of nitrogens with zero attached hydrogens (tertiary/aromatic N) is 2. The van der Waals surface area contributed by atoms with Gasteiger partial charge in [-0.1, -0.05) is 18.5 Å². The molecule has 0 aliphatic carbocycles. The van der Waals surface area contributed by atoms with Crippen molar-refractivity contribution in [2.45, 2.75) is 32.1 Å². The molecule has 2 N–H and O–H groups in total. The van der Waals surface area contributed by atoms with Crippen molar-refractivity contribution < 1.29 is 0 Å². The molecular weight excluding hydrogens is 230 g/mol. The summed E-state index contributed by atoms with van der Waals surface area (Å²) in [6.45, 7) is 4.00. The van der Waals surface area contributed by atoms with E-state index < -0.39 is 0 Å².